The van der Waals surface area contributed by atoms with Crippen LogP contribution in [-0.4, -0.2) is 68.5 Å². The number of phosphoric ester groups is 1. The Morgan fingerprint density at radius 1 is 0.515 bits per heavy atom. The van der Waals surface area contributed by atoms with E-state index in [4.69, 9.17) is 9.05 Å². The van der Waals surface area contributed by atoms with Gasteiger partial charge in [0.2, 0.25) is 5.91 Å². The Morgan fingerprint density at radius 2 is 0.848 bits per heavy atom. The molecule has 9 heteroatoms. The SMILES string of the molecule is CCCCCCCCCCCCCC/C=C\CCCCCCCCCCC(=O)NC(COP(=O)([O-])OCC[N+](C)(C)C)C(O)/C=C/CC/C=C/CCCCCCCCCCCCCCCC. The van der Waals surface area contributed by atoms with E-state index in [0.29, 0.717) is 17.4 Å². The summed E-state index contributed by atoms with van der Waals surface area (Å²) in [5, 5.41) is 13.9. The number of hydrogen-bond acceptors (Lipinski definition) is 6. The largest absolute Gasteiger partial charge is 0.756 e. The summed E-state index contributed by atoms with van der Waals surface area (Å²) in [4.78, 5) is 25.5. The number of amides is 1. The van der Waals surface area contributed by atoms with E-state index < -0.39 is 26.6 Å². The van der Waals surface area contributed by atoms with Gasteiger partial charge in [0.05, 0.1) is 39.9 Å². The van der Waals surface area contributed by atoms with Crippen molar-refractivity contribution in [1.82, 2.24) is 5.32 Å². The van der Waals surface area contributed by atoms with Crippen LogP contribution in [0.4, 0.5) is 0 Å². The van der Waals surface area contributed by atoms with Crippen LogP contribution in [0.1, 0.15) is 271 Å². The molecule has 0 radical (unpaired) electrons. The molecule has 0 aromatic heterocycles. The number of phosphoric acid groups is 1. The Kier molecular flexibility index (Phi) is 47.8. The van der Waals surface area contributed by atoms with Crippen molar-refractivity contribution < 1.29 is 32.9 Å². The van der Waals surface area contributed by atoms with Gasteiger partial charge in [0.25, 0.3) is 7.82 Å². The molecule has 0 aromatic rings. The van der Waals surface area contributed by atoms with Gasteiger partial charge in [-0.3, -0.25) is 9.36 Å². The maximum atomic E-state index is 12.9. The molecule has 0 aliphatic carbocycles. The number of quaternary nitrogens is 1. The Hall–Kier alpha value is -1.28. The summed E-state index contributed by atoms with van der Waals surface area (Å²) in [6.07, 6.45) is 62.2. The Morgan fingerprint density at radius 3 is 1.23 bits per heavy atom. The number of allylic oxidation sites excluding steroid dienone is 5. The normalized spacial score (nSPS) is 14.2. The molecule has 3 unspecified atom stereocenters. The standard InChI is InChI=1S/C57H111N2O6P/c1-6-8-10-12-14-16-18-20-22-24-26-28-29-30-31-33-35-37-39-41-43-45-47-49-51-57(61)58-55(54-65-66(62,63)64-53-52-59(3,4)5)56(60)50-48-46-44-42-40-38-36-34-32-27-25-23-21-19-17-15-13-11-9-7-2/h30-31,40,42,48,50,55-56,60H,6-29,32-39,41,43-47,49,51-54H2,1-5H3,(H-,58,61,62,63)/b31-30-,42-40+,50-48+. The zero-order valence-electron chi connectivity index (χ0n) is 44.4. The fourth-order valence-electron chi connectivity index (χ4n) is 8.34. The summed E-state index contributed by atoms with van der Waals surface area (Å²) in [6.45, 7) is 4.66. The van der Waals surface area contributed by atoms with E-state index in [1.165, 1.54) is 212 Å². The molecule has 66 heavy (non-hydrogen) atoms. The van der Waals surface area contributed by atoms with E-state index in [-0.39, 0.29) is 12.5 Å². The number of aliphatic hydroxyl groups excluding tert-OH is 1. The van der Waals surface area contributed by atoms with Gasteiger partial charge in [0.1, 0.15) is 13.2 Å². The second-order valence-corrected chi connectivity index (χ2v) is 22.0. The van der Waals surface area contributed by atoms with Gasteiger partial charge in [-0.05, 0) is 57.8 Å². The van der Waals surface area contributed by atoms with Crippen molar-refractivity contribution in [2.45, 2.75) is 283 Å². The highest BCUT2D eigenvalue weighted by Crippen LogP contribution is 2.38. The van der Waals surface area contributed by atoms with E-state index in [9.17, 15) is 19.4 Å². The highest BCUT2D eigenvalue weighted by atomic mass is 31.2. The minimum atomic E-state index is -4.60. The molecule has 0 fully saturated rings. The molecule has 3 atom stereocenters. The summed E-state index contributed by atoms with van der Waals surface area (Å²) in [5.74, 6) is -0.207. The fourth-order valence-corrected chi connectivity index (χ4v) is 9.06. The molecule has 0 rings (SSSR count). The lowest BCUT2D eigenvalue weighted by molar-refractivity contribution is -0.870. The van der Waals surface area contributed by atoms with Crippen molar-refractivity contribution in [3.05, 3.63) is 36.5 Å². The first-order chi connectivity index (χ1) is 32.0. The monoisotopic (exact) mass is 951 g/mol. The quantitative estimate of drug-likeness (QED) is 0.0272. The molecule has 390 valence electrons. The molecular weight excluding hydrogens is 840 g/mol. The maximum Gasteiger partial charge on any atom is 0.268 e. The molecule has 0 aromatic carbocycles. The number of nitrogens with zero attached hydrogens (tertiary/aromatic N) is 1. The molecule has 2 N–H and O–H groups in total. The minimum Gasteiger partial charge on any atom is -0.756 e. The van der Waals surface area contributed by atoms with Gasteiger partial charge in [-0.2, -0.15) is 0 Å². The Balaban J connectivity index is 4.26. The third-order valence-corrected chi connectivity index (χ3v) is 13.8. The first-order valence-electron chi connectivity index (χ1n) is 28.4. The number of likely N-dealkylation sites (N-methyl/N-ethyl adjacent to an activating group) is 1. The summed E-state index contributed by atoms with van der Waals surface area (Å²) in [7, 11) is 1.25. The molecule has 1 amide bonds. The van der Waals surface area contributed by atoms with Gasteiger partial charge < -0.3 is 28.8 Å². The number of nitrogens with one attached hydrogen (secondary N) is 1. The molecule has 0 spiro atoms. The third kappa shape index (κ3) is 50.6. The van der Waals surface area contributed by atoms with Gasteiger partial charge in [0, 0.05) is 6.42 Å². The Labute approximate surface area is 410 Å². The van der Waals surface area contributed by atoms with Crippen LogP contribution in [0.15, 0.2) is 36.5 Å². The van der Waals surface area contributed by atoms with Crippen LogP contribution in [0.2, 0.25) is 0 Å². The van der Waals surface area contributed by atoms with Gasteiger partial charge in [-0.25, -0.2) is 0 Å². The number of rotatable bonds is 52. The summed E-state index contributed by atoms with van der Waals surface area (Å²) >= 11 is 0. The van der Waals surface area contributed by atoms with Crippen LogP contribution in [0.5, 0.6) is 0 Å². The van der Waals surface area contributed by atoms with Gasteiger partial charge >= 0.3 is 0 Å². The number of hydrogen-bond donors (Lipinski definition) is 2. The average molecular weight is 951 g/mol. The van der Waals surface area contributed by atoms with E-state index in [1.807, 2.05) is 27.2 Å². The van der Waals surface area contributed by atoms with Crippen molar-refractivity contribution in [2.24, 2.45) is 0 Å². The smallest absolute Gasteiger partial charge is 0.268 e. The van der Waals surface area contributed by atoms with E-state index in [1.54, 1.807) is 6.08 Å². The first kappa shape index (κ1) is 64.7. The predicted octanol–water partition coefficient (Wildman–Crippen LogP) is 16.4. The highest BCUT2D eigenvalue weighted by molar-refractivity contribution is 7.45. The van der Waals surface area contributed by atoms with Gasteiger partial charge in [0.15, 0.2) is 0 Å². The van der Waals surface area contributed by atoms with E-state index in [2.05, 4.69) is 43.5 Å². The van der Waals surface area contributed by atoms with E-state index in [0.717, 1.165) is 38.5 Å². The lowest BCUT2D eigenvalue weighted by Crippen LogP contribution is -2.45. The molecule has 0 saturated carbocycles. The summed E-state index contributed by atoms with van der Waals surface area (Å²) in [6, 6.07) is -0.905. The Bertz CT molecular complexity index is 1170. The van der Waals surface area contributed by atoms with Crippen molar-refractivity contribution in [3.8, 4) is 0 Å². The lowest BCUT2D eigenvalue weighted by atomic mass is 10.0. The summed E-state index contributed by atoms with van der Waals surface area (Å²) in [5.41, 5.74) is 0. The number of carbonyl (C=O) groups is 1. The highest BCUT2D eigenvalue weighted by Gasteiger charge is 2.23. The zero-order valence-corrected chi connectivity index (χ0v) is 45.3. The van der Waals surface area contributed by atoms with Crippen molar-refractivity contribution in [3.63, 3.8) is 0 Å². The molecule has 0 bridgehead atoms. The topological polar surface area (TPSA) is 108 Å². The van der Waals surface area contributed by atoms with E-state index >= 15 is 0 Å². The van der Waals surface area contributed by atoms with Crippen molar-refractivity contribution >= 4 is 13.7 Å². The third-order valence-electron chi connectivity index (χ3n) is 12.8. The van der Waals surface area contributed by atoms with Crippen LogP contribution in [0.3, 0.4) is 0 Å². The first-order valence-corrected chi connectivity index (χ1v) is 29.8. The average Bonchev–Trinajstić information content (AvgIpc) is 3.28. The number of aliphatic hydroxyl groups is 1. The molecule has 8 nitrogen and oxygen atoms in total. The fraction of sp³-hybridized carbons (Fsp3) is 0.877. The second-order valence-electron chi connectivity index (χ2n) is 20.6. The van der Waals surface area contributed by atoms with Crippen LogP contribution in [0.25, 0.3) is 0 Å². The molecule has 0 saturated heterocycles. The minimum absolute atomic E-state index is 0.00636. The van der Waals surface area contributed by atoms with Crippen LogP contribution < -0.4 is 10.2 Å². The zero-order chi connectivity index (χ0) is 48.5. The maximum absolute atomic E-state index is 12.9. The van der Waals surface area contributed by atoms with Crippen LogP contribution in [-0.2, 0) is 18.4 Å². The number of unbranched alkanes of at least 4 members (excludes halogenated alkanes) is 35. The summed E-state index contributed by atoms with van der Waals surface area (Å²) < 4.78 is 23.3. The second kappa shape index (κ2) is 48.7. The number of carbonyl (C=O) groups excluding carboxylic acids is 1. The van der Waals surface area contributed by atoms with Crippen molar-refractivity contribution in [1.29, 1.82) is 0 Å². The predicted molar refractivity (Wildman–Crippen MR) is 284 cm³/mol. The lowest BCUT2D eigenvalue weighted by Gasteiger charge is -2.29. The van der Waals surface area contributed by atoms with Gasteiger partial charge in [-0.15, -0.1) is 0 Å². The molecule has 0 aliphatic heterocycles. The van der Waals surface area contributed by atoms with Gasteiger partial charge in [-0.1, -0.05) is 243 Å². The molecular formula is C57H111N2O6P. The van der Waals surface area contributed by atoms with Crippen molar-refractivity contribution in [2.75, 3.05) is 40.9 Å². The molecule has 0 heterocycles. The van der Waals surface area contributed by atoms with Crippen LogP contribution >= 0.6 is 7.82 Å². The molecule has 0 aliphatic rings. The van der Waals surface area contributed by atoms with Crippen LogP contribution in [0, 0.1) is 0 Å².